The standard InChI is InChI=1S/C6H7N2O2/c1-2-8-6(10)4-3-5(9)7-8/h3-4H,2H2,1H3. The van der Waals surface area contributed by atoms with Gasteiger partial charge in [0.25, 0.3) is 11.4 Å². The molecule has 53 valence electrons. The molecule has 0 aliphatic rings. The molecule has 0 fully saturated rings. The predicted molar refractivity (Wildman–Crippen MR) is 34.3 cm³/mol. The quantitative estimate of drug-likeness (QED) is 0.565. The van der Waals surface area contributed by atoms with Gasteiger partial charge in [0, 0.05) is 18.7 Å². The van der Waals surface area contributed by atoms with Crippen molar-refractivity contribution in [2.75, 3.05) is 0 Å². The van der Waals surface area contributed by atoms with Gasteiger partial charge >= 0.3 is 0 Å². The summed E-state index contributed by atoms with van der Waals surface area (Å²) in [5, 5.41) is 14.0. The minimum atomic E-state index is -0.374. The van der Waals surface area contributed by atoms with Gasteiger partial charge in [-0.2, -0.15) is 0 Å². The third kappa shape index (κ3) is 1.15. The summed E-state index contributed by atoms with van der Waals surface area (Å²) < 4.78 is 1.13. The molecule has 0 aromatic carbocycles. The zero-order valence-corrected chi connectivity index (χ0v) is 5.57. The molecular formula is C6H7N2O2. The molecule has 0 aliphatic heterocycles. The van der Waals surface area contributed by atoms with E-state index in [1.54, 1.807) is 6.92 Å². The molecule has 0 bridgehead atoms. The molecule has 1 heterocycles. The van der Waals surface area contributed by atoms with Crippen molar-refractivity contribution in [3.63, 3.8) is 0 Å². The van der Waals surface area contributed by atoms with Gasteiger partial charge in [-0.05, 0) is 6.92 Å². The largest absolute Gasteiger partial charge is 0.286 e. The van der Waals surface area contributed by atoms with Gasteiger partial charge in [0.15, 0.2) is 0 Å². The van der Waals surface area contributed by atoms with Crippen molar-refractivity contribution in [3.05, 3.63) is 22.5 Å². The molecule has 1 radical (unpaired) electrons. The summed E-state index contributed by atoms with van der Waals surface area (Å²) >= 11 is 0. The average molecular weight is 139 g/mol. The van der Waals surface area contributed by atoms with Crippen LogP contribution in [0.25, 0.3) is 0 Å². The van der Waals surface area contributed by atoms with E-state index in [-0.39, 0.29) is 11.4 Å². The Kier molecular flexibility index (Phi) is 1.71. The molecule has 4 heteroatoms. The fourth-order valence-corrected chi connectivity index (χ4v) is 0.657. The zero-order valence-electron chi connectivity index (χ0n) is 5.57. The Bertz CT molecular complexity index is 279. The smallest absolute Gasteiger partial charge is 0.268 e. The summed E-state index contributed by atoms with van der Waals surface area (Å²) in [4.78, 5) is 10.8. The lowest BCUT2D eigenvalue weighted by molar-refractivity contribution is 0.320. The number of hydrogen-bond acceptors (Lipinski definition) is 2. The average Bonchev–Trinajstić information content (AvgIpc) is 1.94. The molecule has 1 aromatic heterocycles. The first-order chi connectivity index (χ1) is 4.74. The third-order valence-corrected chi connectivity index (χ3v) is 1.14. The second kappa shape index (κ2) is 2.51. The lowest BCUT2D eigenvalue weighted by atomic mass is 10.5. The van der Waals surface area contributed by atoms with Crippen molar-refractivity contribution in [1.82, 2.24) is 9.78 Å². The van der Waals surface area contributed by atoms with E-state index >= 15 is 0 Å². The molecule has 0 amide bonds. The monoisotopic (exact) mass is 139 g/mol. The van der Waals surface area contributed by atoms with Gasteiger partial charge in [0.2, 0.25) is 0 Å². The number of rotatable bonds is 1. The fraction of sp³-hybridized carbons (Fsp3) is 0.333. The van der Waals surface area contributed by atoms with Crippen LogP contribution in [0.2, 0.25) is 0 Å². The highest BCUT2D eigenvalue weighted by molar-refractivity contribution is 5.03. The van der Waals surface area contributed by atoms with Crippen molar-refractivity contribution in [3.8, 4) is 5.88 Å². The highest BCUT2D eigenvalue weighted by Crippen LogP contribution is 1.96. The molecule has 0 atom stereocenters. The lowest BCUT2D eigenvalue weighted by Crippen LogP contribution is -2.19. The van der Waals surface area contributed by atoms with Crippen molar-refractivity contribution in [2.45, 2.75) is 13.5 Å². The molecule has 0 unspecified atom stereocenters. The van der Waals surface area contributed by atoms with Crippen LogP contribution in [0.5, 0.6) is 5.88 Å². The van der Waals surface area contributed by atoms with Crippen LogP contribution in [0.3, 0.4) is 0 Å². The van der Waals surface area contributed by atoms with E-state index < -0.39 is 0 Å². The minimum absolute atomic E-state index is 0.234. The summed E-state index contributed by atoms with van der Waals surface area (Å²) in [5.74, 6) is -0.374. The van der Waals surface area contributed by atoms with E-state index in [1.165, 1.54) is 6.07 Å². The van der Waals surface area contributed by atoms with Crippen LogP contribution in [-0.2, 0) is 11.7 Å². The normalized spacial score (nSPS) is 9.70. The van der Waals surface area contributed by atoms with Crippen molar-refractivity contribution in [1.29, 1.82) is 0 Å². The maximum absolute atomic E-state index is 10.8. The van der Waals surface area contributed by atoms with Crippen LogP contribution >= 0.6 is 0 Å². The Morgan fingerprint density at radius 1 is 1.60 bits per heavy atom. The maximum atomic E-state index is 10.8. The van der Waals surface area contributed by atoms with E-state index in [1.807, 2.05) is 0 Å². The second-order valence-corrected chi connectivity index (χ2v) is 1.83. The third-order valence-electron chi connectivity index (χ3n) is 1.14. The molecule has 0 aliphatic carbocycles. The summed E-state index contributed by atoms with van der Waals surface area (Å²) in [6, 6.07) is 2.38. The first-order valence-corrected chi connectivity index (χ1v) is 2.99. The Morgan fingerprint density at radius 2 is 2.30 bits per heavy atom. The van der Waals surface area contributed by atoms with E-state index in [2.05, 4.69) is 5.10 Å². The second-order valence-electron chi connectivity index (χ2n) is 1.83. The summed E-state index contributed by atoms with van der Waals surface area (Å²) in [7, 11) is 0. The summed E-state index contributed by atoms with van der Waals surface area (Å²) in [6.45, 7) is 2.20. The van der Waals surface area contributed by atoms with Crippen molar-refractivity contribution < 1.29 is 5.11 Å². The van der Waals surface area contributed by atoms with Crippen molar-refractivity contribution in [2.24, 2.45) is 0 Å². The highest BCUT2D eigenvalue weighted by Gasteiger charge is 1.95. The Morgan fingerprint density at radius 3 is 2.80 bits per heavy atom. The molecule has 1 rings (SSSR count). The molecule has 0 saturated carbocycles. The fourth-order valence-electron chi connectivity index (χ4n) is 0.657. The van der Waals surface area contributed by atoms with E-state index in [0.717, 1.165) is 10.7 Å². The Hall–Kier alpha value is -1.32. The van der Waals surface area contributed by atoms with Crippen LogP contribution in [0.4, 0.5) is 0 Å². The van der Waals surface area contributed by atoms with E-state index in [4.69, 9.17) is 0 Å². The topological polar surface area (TPSA) is 54.8 Å². The molecule has 1 aromatic rings. The van der Waals surface area contributed by atoms with Crippen LogP contribution in [0, 0.1) is 0 Å². The van der Waals surface area contributed by atoms with Gasteiger partial charge in [-0.3, -0.25) is 9.90 Å². The van der Waals surface area contributed by atoms with Crippen LogP contribution in [0.15, 0.2) is 16.9 Å². The number of aromatic nitrogens is 2. The Balaban J connectivity index is 3.22. The van der Waals surface area contributed by atoms with E-state index in [0.29, 0.717) is 6.54 Å². The molecule has 0 spiro atoms. The molecule has 0 saturated heterocycles. The van der Waals surface area contributed by atoms with Crippen LogP contribution < -0.4 is 5.56 Å². The van der Waals surface area contributed by atoms with Gasteiger partial charge in [-0.25, -0.2) is 4.68 Å². The van der Waals surface area contributed by atoms with Crippen molar-refractivity contribution >= 4 is 0 Å². The lowest BCUT2D eigenvalue weighted by Gasteiger charge is -1.95. The van der Waals surface area contributed by atoms with E-state index in [9.17, 15) is 9.90 Å². The molecule has 4 nitrogen and oxygen atoms in total. The van der Waals surface area contributed by atoms with Gasteiger partial charge in [-0.15, -0.1) is 5.10 Å². The summed E-state index contributed by atoms with van der Waals surface area (Å²) in [5.41, 5.74) is -0.234. The minimum Gasteiger partial charge on any atom is -0.268 e. The first kappa shape index (κ1) is 6.80. The van der Waals surface area contributed by atoms with Gasteiger partial charge in [0.05, 0.1) is 0 Å². The Labute approximate surface area is 57.7 Å². The molecule has 0 N–H and O–H groups in total. The van der Waals surface area contributed by atoms with Gasteiger partial charge in [-0.1, -0.05) is 0 Å². The number of nitrogens with zero attached hydrogens (tertiary/aromatic N) is 2. The number of aryl methyl sites for hydroxylation is 1. The zero-order chi connectivity index (χ0) is 7.56. The first-order valence-electron chi connectivity index (χ1n) is 2.99. The van der Waals surface area contributed by atoms with Gasteiger partial charge < -0.3 is 0 Å². The highest BCUT2D eigenvalue weighted by atomic mass is 16.3. The SMILES string of the molecule is CCn1nc([O])ccc1=O. The van der Waals surface area contributed by atoms with Crippen LogP contribution in [0.1, 0.15) is 6.92 Å². The molecular weight excluding hydrogens is 132 g/mol. The predicted octanol–water partition coefficient (Wildman–Crippen LogP) is 0.407. The summed E-state index contributed by atoms with van der Waals surface area (Å²) in [6.07, 6.45) is 0. The molecule has 10 heavy (non-hydrogen) atoms. The maximum Gasteiger partial charge on any atom is 0.286 e. The van der Waals surface area contributed by atoms with Gasteiger partial charge in [0.1, 0.15) is 0 Å². The number of hydrogen-bond donors (Lipinski definition) is 0. The van der Waals surface area contributed by atoms with Crippen LogP contribution in [-0.4, -0.2) is 9.78 Å².